The molecule has 0 amide bonds. The summed E-state index contributed by atoms with van der Waals surface area (Å²) in [5.74, 6) is 0. The molecule has 0 spiro atoms. The first-order chi connectivity index (χ1) is 9.38. The van der Waals surface area contributed by atoms with E-state index in [1.165, 1.54) is 11.1 Å². The molecule has 0 aliphatic carbocycles. The predicted octanol–water partition coefficient (Wildman–Crippen LogP) is 2.52. The topological polar surface area (TPSA) is 50.7 Å². The lowest BCUT2D eigenvalue weighted by Gasteiger charge is -2.06. The van der Waals surface area contributed by atoms with Crippen LogP contribution in [0.2, 0.25) is 0 Å². The highest BCUT2D eigenvalue weighted by Crippen LogP contribution is 2.30. The van der Waals surface area contributed by atoms with Crippen LogP contribution in [0.3, 0.4) is 0 Å². The van der Waals surface area contributed by atoms with Crippen molar-refractivity contribution in [3.63, 3.8) is 0 Å². The third kappa shape index (κ3) is 2.47. The second kappa shape index (κ2) is 5.42. The minimum atomic E-state index is 0.728. The molecule has 0 saturated carbocycles. The van der Waals surface area contributed by atoms with Crippen molar-refractivity contribution in [1.29, 1.82) is 0 Å². The monoisotopic (exact) mass is 270 g/mol. The van der Waals surface area contributed by atoms with Crippen molar-refractivity contribution in [3.05, 3.63) is 42.2 Å². The molecule has 3 rings (SSSR count). The van der Waals surface area contributed by atoms with Crippen LogP contribution in [0.5, 0.6) is 0 Å². The fourth-order valence-corrected chi connectivity index (χ4v) is 2.93. The molecule has 0 fully saturated rings. The van der Waals surface area contributed by atoms with Crippen molar-refractivity contribution in [3.8, 4) is 10.6 Å². The van der Waals surface area contributed by atoms with Gasteiger partial charge in [-0.3, -0.25) is 0 Å². The fourth-order valence-electron chi connectivity index (χ4n) is 2.00. The molecule has 2 aromatic heterocycles. The zero-order valence-electron chi connectivity index (χ0n) is 10.6. The number of benzene rings is 1. The van der Waals surface area contributed by atoms with Crippen molar-refractivity contribution in [2.24, 2.45) is 0 Å². The summed E-state index contributed by atoms with van der Waals surface area (Å²) in [6, 6.07) is 8.38. The molecule has 0 aliphatic rings. The Morgan fingerprint density at radius 3 is 2.84 bits per heavy atom. The van der Waals surface area contributed by atoms with Gasteiger partial charge in [-0.05, 0) is 25.6 Å². The molecule has 1 N–H and O–H groups in total. The van der Waals surface area contributed by atoms with Crippen molar-refractivity contribution in [2.45, 2.75) is 6.42 Å². The fraction of sp³-hybridized carbons (Fsp3) is 0.214. The van der Waals surface area contributed by atoms with Gasteiger partial charge in [0.2, 0.25) is 0 Å². The molecule has 0 radical (unpaired) electrons. The first-order valence-electron chi connectivity index (χ1n) is 6.19. The van der Waals surface area contributed by atoms with E-state index in [1.807, 2.05) is 13.1 Å². The van der Waals surface area contributed by atoms with E-state index in [4.69, 9.17) is 0 Å². The Morgan fingerprint density at radius 2 is 2.00 bits per heavy atom. The van der Waals surface area contributed by atoms with Gasteiger partial charge >= 0.3 is 0 Å². The molecular weight excluding hydrogens is 256 g/mol. The Labute approximate surface area is 115 Å². The van der Waals surface area contributed by atoms with Gasteiger partial charge in [0, 0.05) is 18.0 Å². The molecule has 4 nitrogen and oxygen atoms in total. The summed E-state index contributed by atoms with van der Waals surface area (Å²) < 4.78 is 0. The van der Waals surface area contributed by atoms with Crippen molar-refractivity contribution < 1.29 is 0 Å². The highest BCUT2D eigenvalue weighted by Gasteiger charge is 2.10. The molecule has 19 heavy (non-hydrogen) atoms. The summed E-state index contributed by atoms with van der Waals surface area (Å²) in [6.45, 7) is 0.957. The van der Waals surface area contributed by atoms with Crippen LogP contribution in [0, 0.1) is 0 Å². The predicted molar refractivity (Wildman–Crippen MR) is 78.3 cm³/mol. The minimum Gasteiger partial charge on any atom is -0.319 e. The first-order valence-corrected chi connectivity index (χ1v) is 7.00. The zero-order valence-corrected chi connectivity index (χ0v) is 11.4. The van der Waals surface area contributed by atoms with E-state index in [9.17, 15) is 0 Å². The summed E-state index contributed by atoms with van der Waals surface area (Å²) >= 11 is 1.59. The quantitative estimate of drug-likeness (QED) is 0.791. The third-order valence-electron chi connectivity index (χ3n) is 2.94. The van der Waals surface area contributed by atoms with Gasteiger partial charge in [0.15, 0.2) is 10.5 Å². The Hall–Kier alpha value is -1.85. The Balaban J connectivity index is 2.05. The van der Waals surface area contributed by atoms with Crippen LogP contribution in [-0.2, 0) is 6.42 Å². The molecule has 0 atom stereocenters. The smallest absolute Gasteiger partial charge is 0.190 e. The summed E-state index contributed by atoms with van der Waals surface area (Å²) in [6.07, 6.45) is 4.37. The lowest BCUT2D eigenvalue weighted by atomic mass is 10.1. The normalized spacial score (nSPS) is 11.0. The lowest BCUT2D eigenvalue weighted by molar-refractivity contribution is 0.792. The second-order valence-electron chi connectivity index (χ2n) is 4.21. The molecule has 0 unspecified atom stereocenters. The van der Waals surface area contributed by atoms with Crippen LogP contribution in [0.1, 0.15) is 5.56 Å². The van der Waals surface area contributed by atoms with E-state index in [1.54, 1.807) is 23.7 Å². The maximum absolute atomic E-state index is 4.58. The number of aromatic nitrogens is 3. The van der Waals surface area contributed by atoms with Gasteiger partial charge in [-0.2, -0.15) is 0 Å². The van der Waals surface area contributed by atoms with E-state index in [0.717, 1.165) is 28.5 Å². The minimum absolute atomic E-state index is 0.728. The Kier molecular flexibility index (Phi) is 3.48. The molecule has 1 aromatic carbocycles. The maximum atomic E-state index is 4.58. The number of thiazole rings is 1. The highest BCUT2D eigenvalue weighted by atomic mass is 32.1. The van der Waals surface area contributed by atoms with E-state index in [0.29, 0.717) is 0 Å². The first kappa shape index (κ1) is 12.2. The summed E-state index contributed by atoms with van der Waals surface area (Å²) in [4.78, 5) is 14.0. The van der Waals surface area contributed by atoms with Crippen LogP contribution >= 0.6 is 11.3 Å². The number of nitrogens with one attached hydrogen (secondary N) is 1. The number of nitrogens with zero attached hydrogens (tertiary/aromatic N) is 3. The molecule has 96 valence electrons. The summed E-state index contributed by atoms with van der Waals surface area (Å²) in [7, 11) is 1.97. The Bertz CT molecular complexity index is 659. The molecule has 2 heterocycles. The summed E-state index contributed by atoms with van der Waals surface area (Å²) in [5.41, 5.74) is 3.21. The van der Waals surface area contributed by atoms with Crippen molar-refractivity contribution in [1.82, 2.24) is 20.3 Å². The third-order valence-corrected chi connectivity index (χ3v) is 3.93. The molecule has 0 saturated heterocycles. The van der Waals surface area contributed by atoms with Crippen LogP contribution in [0.4, 0.5) is 0 Å². The number of fused-ring (bicyclic) bond motifs is 1. The number of hydrogen-bond acceptors (Lipinski definition) is 5. The molecular formula is C14H14N4S. The standard InChI is InChI=1S/C14H14N4S/c1-15-7-6-10-4-2-3-5-11(10)13-18-12-14(19-13)17-9-8-16-12/h2-5,8-9,15H,6-7H2,1H3. The number of rotatable bonds is 4. The molecule has 0 aliphatic heterocycles. The van der Waals surface area contributed by atoms with Gasteiger partial charge in [0.1, 0.15) is 5.01 Å². The average Bonchev–Trinajstić information content (AvgIpc) is 2.89. The Morgan fingerprint density at radius 1 is 1.16 bits per heavy atom. The zero-order chi connectivity index (χ0) is 13.1. The molecule has 0 bridgehead atoms. The maximum Gasteiger partial charge on any atom is 0.190 e. The van der Waals surface area contributed by atoms with E-state index in [-0.39, 0.29) is 0 Å². The van der Waals surface area contributed by atoms with E-state index < -0.39 is 0 Å². The average molecular weight is 270 g/mol. The van der Waals surface area contributed by atoms with Gasteiger partial charge < -0.3 is 5.32 Å². The van der Waals surface area contributed by atoms with Crippen LogP contribution < -0.4 is 5.32 Å². The van der Waals surface area contributed by atoms with Crippen molar-refractivity contribution >= 4 is 21.8 Å². The van der Waals surface area contributed by atoms with Gasteiger partial charge in [-0.15, -0.1) is 0 Å². The SMILES string of the molecule is CNCCc1ccccc1-c1nc2nccnc2s1. The van der Waals surface area contributed by atoms with Gasteiger partial charge in [-0.25, -0.2) is 15.0 Å². The van der Waals surface area contributed by atoms with Crippen molar-refractivity contribution in [2.75, 3.05) is 13.6 Å². The number of likely N-dealkylation sites (N-methyl/N-ethyl adjacent to an activating group) is 1. The number of hydrogen-bond donors (Lipinski definition) is 1. The van der Waals surface area contributed by atoms with Gasteiger partial charge in [-0.1, -0.05) is 35.6 Å². The van der Waals surface area contributed by atoms with E-state index in [2.05, 4.69) is 38.5 Å². The van der Waals surface area contributed by atoms with Crippen LogP contribution in [-0.4, -0.2) is 28.5 Å². The molecule has 3 aromatic rings. The van der Waals surface area contributed by atoms with E-state index >= 15 is 0 Å². The van der Waals surface area contributed by atoms with Crippen LogP contribution in [0.25, 0.3) is 21.0 Å². The van der Waals surface area contributed by atoms with Gasteiger partial charge in [0.25, 0.3) is 0 Å². The highest BCUT2D eigenvalue weighted by molar-refractivity contribution is 7.21. The largest absolute Gasteiger partial charge is 0.319 e. The van der Waals surface area contributed by atoms with Crippen LogP contribution in [0.15, 0.2) is 36.7 Å². The lowest BCUT2D eigenvalue weighted by Crippen LogP contribution is -2.10. The van der Waals surface area contributed by atoms with Gasteiger partial charge in [0.05, 0.1) is 0 Å². The second-order valence-corrected chi connectivity index (χ2v) is 5.19. The molecule has 5 heteroatoms. The summed E-state index contributed by atoms with van der Waals surface area (Å²) in [5, 5.41) is 4.17.